The molecule has 2 saturated heterocycles. The van der Waals surface area contributed by atoms with Crippen LogP contribution in [0.2, 0.25) is 0 Å². The van der Waals surface area contributed by atoms with Gasteiger partial charge in [-0.25, -0.2) is 8.78 Å². The number of nitrogens with zero attached hydrogens (tertiary/aromatic N) is 3. The van der Waals surface area contributed by atoms with Crippen LogP contribution < -0.4 is 5.32 Å². The van der Waals surface area contributed by atoms with E-state index in [-0.39, 0.29) is 13.1 Å². The molecule has 1 N–H and O–H groups in total. The highest BCUT2D eigenvalue weighted by atomic mass is 19.4. The number of alkyl halides is 5. The third-order valence-corrected chi connectivity index (χ3v) is 10.1. The van der Waals surface area contributed by atoms with Crippen LogP contribution in [-0.4, -0.2) is 92.2 Å². The summed E-state index contributed by atoms with van der Waals surface area (Å²) in [6, 6.07) is 21.9. The predicted molar refractivity (Wildman–Crippen MR) is 189 cm³/mol. The van der Waals surface area contributed by atoms with Crippen LogP contribution in [0.15, 0.2) is 66.9 Å². The number of aryl methyl sites for hydroxylation is 1. The van der Waals surface area contributed by atoms with Gasteiger partial charge in [-0.3, -0.25) is 19.5 Å². The quantitative estimate of drug-likeness (QED) is 0.143. The second-order valence-corrected chi connectivity index (χ2v) is 13.3. The summed E-state index contributed by atoms with van der Waals surface area (Å²) in [5, 5.41) is 7.11. The molecule has 0 bridgehead atoms. The first-order chi connectivity index (χ1) is 24.4. The monoisotopic (exact) mass is 712 g/mol. The maximum atomic E-state index is 13.3. The van der Waals surface area contributed by atoms with Gasteiger partial charge in [-0.15, -0.1) is 0 Å². The Labute approximate surface area is 295 Å². The third-order valence-electron chi connectivity index (χ3n) is 10.1. The number of nitrogens with one attached hydrogen (secondary N) is 1. The molecule has 0 spiro atoms. The Morgan fingerprint density at radius 2 is 1.51 bits per heavy atom. The number of piperidine rings is 2. The molecule has 0 unspecified atom stereocenters. The molecule has 274 valence electrons. The van der Waals surface area contributed by atoms with Crippen LogP contribution in [0.1, 0.15) is 43.2 Å². The normalized spacial score (nSPS) is 16.9. The second kappa shape index (κ2) is 16.9. The average Bonchev–Trinajstić information content (AvgIpc) is 3.13. The number of carbonyl (C=O) groups is 2. The summed E-state index contributed by atoms with van der Waals surface area (Å²) < 4.78 is 68.7. The number of aromatic nitrogens is 1. The predicted octanol–water partition coefficient (Wildman–Crippen LogP) is 7.58. The molecule has 3 aromatic carbocycles. The number of esters is 1. The molecular weight excluding hydrogens is 667 g/mol. The number of halogens is 5. The zero-order valence-corrected chi connectivity index (χ0v) is 29.1. The molecule has 1 amide bonds. The summed E-state index contributed by atoms with van der Waals surface area (Å²) in [5.74, 6) is -2.21. The van der Waals surface area contributed by atoms with Gasteiger partial charge in [-0.05, 0) is 92.5 Å². The molecule has 51 heavy (non-hydrogen) atoms. The molecule has 0 radical (unpaired) electrons. The first-order valence-electron chi connectivity index (χ1n) is 17.4. The van der Waals surface area contributed by atoms with Gasteiger partial charge in [-0.1, -0.05) is 67.1 Å². The Morgan fingerprint density at radius 3 is 2.18 bits per heavy atom. The molecule has 2 aliphatic rings. The smallest absolute Gasteiger partial charge is 0.403 e. The van der Waals surface area contributed by atoms with Crippen molar-refractivity contribution < 1.29 is 36.3 Å². The van der Waals surface area contributed by atoms with Crippen molar-refractivity contribution in [3.05, 3.63) is 78.0 Å². The molecule has 12 heteroatoms. The van der Waals surface area contributed by atoms with Crippen LogP contribution in [0, 0.1) is 12.3 Å². The minimum absolute atomic E-state index is 0.268. The molecule has 0 atom stereocenters. The average molecular weight is 713 g/mol. The summed E-state index contributed by atoms with van der Waals surface area (Å²) in [5.41, 5.74) is 2.33. The maximum Gasteiger partial charge on any atom is 0.403 e. The first-order valence-corrected chi connectivity index (χ1v) is 17.4. The number of hydrogen-bond acceptors (Lipinski definition) is 6. The van der Waals surface area contributed by atoms with Crippen molar-refractivity contribution in [2.75, 3.05) is 52.9 Å². The largest absolute Gasteiger partial charge is 0.468 e. The number of ether oxygens (including phenoxy) is 1. The molecule has 6 rings (SSSR count). The highest BCUT2D eigenvalue weighted by Crippen LogP contribution is 2.46. The lowest BCUT2D eigenvalue weighted by Crippen LogP contribution is -2.57. The van der Waals surface area contributed by atoms with E-state index in [9.17, 15) is 31.5 Å². The first kappa shape index (κ1) is 38.1. The van der Waals surface area contributed by atoms with E-state index in [1.165, 1.54) is 75.5 Å². The van der Waals surface area contributed by atoms with Crippen LogP contribution in [0.4, 0.5) is 22.0 Å². The maximum absolute atomic E-state index is 13.3. The number of fused-ring (bicyclic) bond motifs is 2. The Balaban J connectivity index is 0.000000207. The van der Waals surface area contributed by atoms with E-state index in [4.69, 9.17) is 4.98 Å². The highest BCUT2D eigenvalue weighted by Gasteiger charge is 2.60. The standard InChI is InChI=1S/C27H28N2.C12H17F5N2O3/c1-20-9-7-13-24-22(20)12-8-14-26(24)27-25-11-4-3-10-23(25)21(19-28-27)15-18-29-16-5-2-6-17-29;1-22-9(20)6-18-10(21)11(12(15,16)17)2-4-19(5-3-11)7-8(13)14/h3-4,7-14,19H,2,5-6,15-18H2,1H3;8H,2-7H2,1H3,(H,18,21). The fourth-order valence-electron chi connectivity index (χ4n) is 7.15. The van der Waals surface area contributed by atoms with Gasteiger partial charge < -0.3 is 15.0 Å². The Bertz CT molecular complexity index is 1800. The third kappa shape index (κ3) is 9.02. The molecule has 0 aliphatic carbocycles. The van der Waals surface area contributed by atoms with Gasteiger partial charge in [0, 0.05) is 23.7 Å². The van der Waals surface area contributed by atoms with E-state index < -0.39 is 55.8 Å². The van der Waals surface area contributed by atoms with Crippen LogP contribution in [0.3, 0.4) is 0 Å². The van der Waals surface area contributed by atoms with Gasteiger partial charge in [0.1, 0.15) is 12.0 Å². The van der Waals surface area contributed by atoms with Gasteiger partial charge in [-0.2, -0.15) is 13.2 Å². The van der Waals surface area contributed by atoms with E-state index in [0.29, 0.717) is 0 Å². The van der Waals surface area contributed by atoms with Crippen molar-refractivity contribution in [3.63, 3.8) is 0 Å². The van der Waals surface area contributed by atoms with Crippen molar-refractivity contribution in [2.24, 2.45) is 5.41 Å². The lowest BCUT2D eigenvalue weighted by atomic mass is 9.76. The van der Waals surface area contributed by atoms with E-state index >= 15 is 0 Å². The summed E-state index contributed by atoms with van der Waals surface area (Å²) >= 11 is 0. The van der Waals surface area contributed by atoms with Crippen molar-refractivity contribution in [1.29, 1.82) is 0 Å². The highest BCUT2D eigenvalue weighted by molar-refractivity contribution is 6.05. The number of hydrogen-bond donors (Lipinski definition) is 1. The minimum Gasteiger partial charge on any atom is -0.468 e. The Morgan fingerprint density at radius 1 is 0.863 bits per heavy atom. The number of likely N-dealkylation sites (tertiary alicyclic amines) is 2. The van der Waals surface area contributed by atoms with Crippen LogP contribution in [0.25, 0.3) is 32.8 Å². The van der Waals surface area contributed by atoms with Crippen LogP contribution in [0.5, 0.6) is 0 Å². The zero-order chi connectivity index (χ0) is 36.6. The van der Waals surface area contributed by atoms with E-state index in [2.05, 4.69) is 83.4 Å². The Kier molecular flexibility index (Phi) is 12.6. The van der Waals surface area contributed by atoms with Crippen molar-refractivity contribution in [2.45, 2.75) is 58.1 Å². The summed E-state index contributed by atoms with van der Waals surface area (Å²) in [4.78, 5) is 31.6. The molecule has 3 heterocycles. The van der Waals surface area contributed by atoms with E-state index in [1.54, 1.807) is 0 Å². The van der Waals surface area contributed by atoms with Gasteiger partial charge in [0.15, 0.2) is 0 Å². The number of pyridine rings is 1. The second-order valence-electron chi connectivity index (χ2n) is 13.3. The van der Waals surface area contributed by atoms with Crippen LogP contribution >= 0.6 is 0 Å². The van der Waals surface area contributed by atoms with Gasteiger partial charge in [0.2, 0.25) is 5.91 Å². The topological polar surface area (TPSA) is 74.8 Å². The SMILES string of the molecule is COC(=O)CNC(=O)C1(C(F)(F)F)CCN(CC(F)F)CC1.Cc1cccc2c(-c3ncc(CCN4CCCCC4)c4ccccc34)cccc12. The number of amides is 1. The van der Waals surface area contributed by atoms with Crippen molar-refractivity contribution in [3.8, 4) is 11.3 Å². The van der Waals surface area contributed by atoms with E-state index in [1.807, 2.05) is 5.32 Å². The number of rotatable bonds is 9. The van der Waals surface area contributed by atoms with Gasteiger partial charge in [0.05, 0.1) is 19.3 Å². The van der Waals surface area contributed by atoms with Crippen molar-refractivity contribution >= 4 is 33.4 Å². The summed E-state index contributed by atoms with van der Waals surface area (Å²) in [6.45, 7) is 3.98. The fraction of sp³-hybridized carbons (Fsp3) is 0.462. The van der Waals surface area contributed by atoms with Crippen LogP contribution in [-0.2, 0) is 20.7 Å². The molecule has 4 aromatic rings. The number of methoxy groups -OCH3 is 1. The number of carbonyl (C=O) groups excluding carboxylic acids is 2. The van der Waals surface area contributed by atoms with Gasteiger partial charge in [0.25, 0.3) is 6.43 Å². The number of benzene rings is 3. The molecule has 2 aliphatic heterocycles. The lowest BCUT2D eigenvalue weighted by Gasteiger charge is -2.41. The fourth-order valence-corrected chi connectivity index (χ4v) is 7.15. The molecule has 1 aromatic heterocycles. The minimum atomic E-state index is -4.83. The summed E-state index contributed by atoms with van der Waals surface area (Å²) in [7, 11) is 1.04. The van der Waals surface area contributed by atoms with E-state index in [0.717, 1.165) is 25.8 Å². The zero-order valence-electron chi connectivity index (χ0n) is 29.1. The lowest BCUT2D eigenvalue weighted by molar-refractivity contribution is -0.233. The Hall–Kier alpha value is -4.16. The molecular formula is C39H45F5N4O3. The molecule has 7 nitrogen and oxygen atoms in total. The van der Waals surface area contributed by atoms with Crippen molar-refractivity contribution in [1.82, 2.24) is 20.1 Å². The molecule has 2 fully saturated rings. The summed E-state index contributed by atoms with van der Waals surface area (Å²) in [6.07, 6.45) is -1.46. The van der Waals surface area contributed by atoms with Gasteiger partial charge >= 0.3 is 12.1 Å². The molecule has 0 saturated carbocycles.